The lowest BCUT2D eigenvalue weighted by Crippen LogP contribution is -2.22. The second kappa shape index (κ2) is 6.01. The Morgan fingerprint density at radius 2 is 2.20 bits per heavy atom. The van der Waals surface area contributed by atoms with Crippen molar-refractivity contribution in [3.05, 3.63) is 53.9 Å². The van der Waals surface area contributed by atoms with E-state index in [4.69, 9.17) is 4.74 Å². The van der Waals surface area contributed by atoms with Crippen molar-refractivity contribution in [3.63, 3.8) is 0 Å². The topological polar surface area (TPSA) is 47.0 Å². The molecule has 2 atom stereocenters. The van der Waals surface area contributed by atoms with Crippen LogP contribution in [-0.2, 0) is 0 Å². The monoisotopic (exact) mass is 269 g/mol. The molecule has 0 saturated heterocycles. The predicted octanol–water partition coefficient (Wildman–Crippen LogP) is 2.69. The lowest BCUT2D eigenvalue weighted by atomic mass is 9.86. The number of hydrogen-bond acceptors (Lipinski definition) is 4. The molecule has 1 aromatic heterocycles. The molecule has 3 rings (SSSR count). The molecular weight excluding hydrogens is 250 g/mol. The highest BCUT2D eigenvalue weighted by atomic mass is 16.5. The van der Waals surface area contributed by atoms with Gasteiger partial charge in [-0.3, -0.25) is 0 Å². The van der Waals surface area contributed by atoms with Gasteiger partial charge in [0.1, 0.15) is 5.75 Å². The smallest absolute Gasteiger partial charge is 0.122 e. The van der Waals surface area contributed by atoms with Crippen molar-refractivity contribution in [2.75, 3.05) is 13.7 Å². The Morgan fingerprint density at radius 3 is 3.00 bits per heavy atom. The molecule has 2 aromatic rings. The average molecular weight is 269 g/mol. The van der Waals surface area contributed by atoms with E-state index >= 15 is 0 Å². The second-order valence-corrected chi connectivity index (χ2v) is 5.12. The molecule has 0 aliphatic carbocycles. The van der Waals surface area contributed by atoms with E-state index in [0.717, 1.165) is 25.2 Å². The molecule has 104 valence electrons. The van der Waals surface area contributed by atoms with Crippen molar-refractivity contribution in [2.45, 2.75) is 24.8 Å². The van der Waals surface area contributed by atoms with Gasteiger partial charge in [-0.25, -0.2) is 0 Å². The molecule has 0 spiro atoms. The summed E-state index contributed by atoms with van der Waals surface area (Å²) >= 11 is 0. The Balaban J connectivity index is 1.81. The Hall–Kier alpha value is -1.94. The molecule has 20 heavy (non-hydrogen) atoms. The molecule has 0 amide bonds. The van der Waals surface area contributed by atoms with E-state index in [-0.39, 0.29) is 0 Å². The number of aromatic nitrogens is 2. The van der Waals surface area contributed by atoms with Crippen LogP contribution in [0, 0.1) is 0 Å². The van der Waals surface area contributed by atoms with Crippen molar-refractivity contribution in [1.29, 1.82) is 0 Å². The van der Waals surface area contributed by atoms with Gasteiger partial charge in [0.25, 0.3) is 0 Å². The maximum atomic E-state index is 5.73. The normalized spacial score (nSPS) is 18.9. The van der Waals surface area contributed by atoms with E-state index in [2.05, 4.69) is 33.7 Å². The fourth-order valence-corrected chi connectivity index (χ4v) is 2.87. The van der Waals surface area contributed by atoms with Crippen molar-refractivity contribution in [1.82, 2.24) is 15.5 Å². The Bertz CT molecular complexity index is 559. The molecular formula is C16H19N3O. The molecule has 4 nitrogen and oxygen atoms in total. The van der Waals surface area contributed by atoms with Gasteiger partial charge in [0.05, 0.1) is 12.8 Å². The Morgan fingerprint density at radius 1 is 1.30 bits per heavy atom. The number of ether oxygens (including phenoxy) is 1. The second-order valence-electron chi connectivity index (χ2n) is 5.12. The van der Waals surface area contributed by atoms with Gasteiger partial charge in [-0.05, 0) is 49.1 Å². The molecule has 0 bridgehead atoms. The van der Waals surface area contributed by atoms with Gasteiger partial charge in [-0.1, -0.05) is 18.2 Å². The van der Waals surface area contributed by atoms with Crippen molar-refractivity contribution >= 4 is 0 Å². The molecule has 0 radical (unpaired) electrons. The summed E-state index contributed by atoms with van der Waals surface area (Å²) in [6.07, 6.45) is 5.69. The minimum absolute atomic E-state index is 0.293. The zero-order chi connectivity index (χ0) is 13.8. The van der Waals surface area contributed by atoms with E-state index in [0.29, 0.717) is 12.0 Å². The van der Waals surface area contributed by atoms with E-state index < -0.39 is 0 Å². The minimum Gasteiger partial charge on any atom is -0.493 e. The lowest BCUT2D eigenvalue weighted by Gasteiger charge is -2.29. The first kappa shape index (κ1) is 13.1. The van der Waals surface area contributed by atoms with Gasteiger partial charge >= 0.3 is 0 Å². The van der Waals surface area contributed by atoms with Crippen LogP contribution in [0.1, 0.15) is 35.9 Å². The van der Waals surface area contributed by atoms with Crippen LogP contribution in [-0.4, -0.2) is 23.9 Å². The van der Waals surface area contributed by atoms with Crippen molar-refractivity contribution in [2.24, 2.45) is 0 Å². The molecule has 2 unspecified atom stereocenters. The zero-order valence-corrected chi connectivity index (χ0v) is 11.6. The van der Waals surface area contributed by atoms with Crippen LogP contribution < -0.4 is 10.1 Å². The maximum Gasteiger partial charge on any atom is 0.122 e. The molecule has 0 saturated carbocycles. The van der Waals surface area contributed by atoms with Gasteiger partial charge in [0, 0.05) is 12.2 Å². The number of para-hydroxylation sites is 1. The van der Waals surface area contributed by atoms with Gasteiger partial charge in [0.2, 0.25) is 0 Å². The van der Waals surface area contributed by atoms with E-state index in [1.54, 1.807) is 6.20 Å². The van der Waals surface area contributed by atoms with Crippen molar-refractivity contribution < 1.29 is 4.74 Å². The molecule has 1 N–H and O–H groups in total. The van der Waals surface area contributed by atoms with Gasteiger partial charge in [-0.2, -0.15) is 10.2 Å². The summed E-state index contributed by atoms with van der Waals surface area (Å²) in [7, 11) is 2.00. The highest BCUT2D eigenvalue weighted by Gasteiger charge is 2.24. The number of benzene rings is 1. The molecule has 0 fully saturated rings. The third-order valence-corrected chi connectivity index (χ3v) is 3.96. The van der Waals surface area contributed by atoms with Crippen molar-refractivity contribution in [3.8, 4) is 5.75 Å². The summed E-state index contributed by atoms with van der Waals surface area (Å²) in [5.41, 5.74) is 2.51. The summed E-state index contributed by atoms with van der Waals surface area (Å²) in [4.78, 5) is 0. The third kappa shape index (κ3) is 2.65. The largest absolute Gasteiger partial charge is 0.493 e. The van der Waals surface area contributed by atoms with E-state index in [1.807, 2.05) is 25.4 Å². The fraction of sp³-hybridized carbons (Fsp3) is 0.375. The number of nitrogens with zero attached hydrogens (tertiary/aromatic N) is 2. The standard InChI is InChI=1S/C16H19N3O/c1-17-15(13-6-8-18-19-11-13)10-12-7-9-20-16-5-3-2-4-14(12)16/h2-6,8,11-12,15,17H,7,9-10H2,1H3. The SMILES string of the molecule is CNC(CC1CCOc2ccccc21)c1ccnnc1. The zero-order valence-electron chi connectivity index (χ0n) is 11.6. The Labute approximate surface area is 119 Å². The Kier molecular flexibility index (Phi) is 3.92. The fourth-order valence-electron chi connectivity index (χ4n) is 2.87. The third-order valence-electron chi connectivity index (χ3n) is 3.96. The van der Waals surface area contributed by atoms with Crippen LogP contribution >= 0.6 is 0 Å². The molecule has 1 aromatic carbocycles. The van der Waals surface area contributed by atoms with Crippen LogP contribution in [0.2, 0.25) is 0 Å². The summed E-state index contributed by atoms with van der Waals surface area (Å²) in [6, 6.07) is 10.7. The van der Waals surface area contributed by atoms with Crippen LogP contribution in [0.25, 0.3) is 0 Å². The average Bonchev–Trinajstić information content (AvgIpc) is 2.53. The predicted molar refractivity (Wildman–Crippen MR) is 77.7 cm³/mol. The van der Waals surface area contributed by atoms with Crippen LogP contribution in [0.15, 0.2) is 42.7 Å². The molecule has 1 aliphatic heterocycles. The number of rotatable bonds is 4. The first-order valence-electron chi connectivity index (χ1n) is 7.04. The highest BCUT2D eigenvalue weighted by Crippen LogP contribution is 2.38. The van der Waals surface area contributed by atoms with Crippen LogP contribution in [0.4, 0.5) is 0 Å². The quantitative estimate of drug-likeness (QED) is 0.927. The maximum absolute atomic E-state index is 5.73. The van der Waals surface area contributed by atoms with Crippen LogP contribution in [0.3, 0.4) is 0 Å². The molecule has 1 aliphatic rings. The number of fused-ring (bicyclic) bond motifs is 1. The minimum atomic E-state index is 0.293. The number of nitrogens with one attached hydrogen (secondary N) is 1. The summed E-state index contributed by atoms with van der Waals surface area (Å²) in [6.45, 7) is 0.798. The molecule has 4 heteroatoms. The van der Waals surface area contributed by atoms with Crippen LogP contribution in [0.5, 0.6) is 5.75 Å². The van der Waals surface area contributed by atoms with E-state index in [9.17, 15) is 0 Å². The first-order valence-corrected chi connectivity index (χ1v) is 7.04. The summed E-state index contributed by atoms with van der Waals surface area (Å²) < 4.78 is 5.73. The van der Waals surface area contributed by atoms with Gasteiger partial charge in [-0.15, -0.1) is 0 Å². The lowest BCUT2D eigenvalue weighted by molar-refractivity contribution is 0.256. The number of hydrogen-bond donors (Lipinski definition) is 1. The summed E-state index contributed by atoms with van der Waals surface area (Å²) in [5, 5.41) is 11.2. The van der Waals surface area contributed by atoms with E-state index in [1.165, 1.54) is 11.1 Å². The summed E-state index contributed by atoms with van der Waals surface area (Å²) in [5.74, 6) is 1.55. The molecule has 2 heterocycles. The first-order chi connectivity index (χ1) is 9.88. The van der Waals surface area contributed by atoms with Gasteiger partial charge in [0.15, 0.2) is 0 Å². The highest BCUT2D eigenvalue weighted by molar-refractivity contribution is 5.38. The van der Waals surface area contributed by atoms with Gasteiger partial charge < -0.3 is 10.1 Å².